The first kappa shape index (κ1) is 24.1. The Bertz CT molecular complexity index is 1140. The quantitative estimate of drug-likeness (QED) is 0.645. The molecule has 0 aromatic heterocycles. The lowest BCUT2D eigenvalue weighted by Gasteiger charge is -2.28. The third kappa shape index (κ3) is 4.93. The number of ether oxygens (including phenoxy) is 1. The zero-order valence-corrected chi connectivity index (χ0v) is 20.9. The van der Waals surface area contributed by atoms with Gasteiger partial charge < -0.3 is 9.64 Å². The molecule has 0 fully saturated rings. The van der Waals surface area contributed by atoms with Crippen molar-refractivity contribution in [1.82, 2.24) is 0 Å². The van der Waals surface area contributed by atoms with Crippen LogP contribution in [0.3, 0.4) is 0 Å². The standard InChI is InChI=1S/C25H34N2O4S/c1-16(2)10-11-27-21-9-8-20(14-22(21)31-15-25(6,7)24(27)28)26-32(29,30)23-13-18(4)17(3)12-19(23)5/h8-9,12-14,16,26H,10-11,15H2,1-7H3. The molecule has 174 valence electrons. The van der Waals surface area contributed by atoms with Crippen molar-refractivity contribution in [2.75, 3.05) is 22.8 Å². The summed E-state index contributed by atoms with van der Waals surface area (Å²) in [5.74, 6) is 0.964. The fourth-order valence-electron chi connectivity index (χ4n) is 3.75. The van der Waals surface area contributed by atoms with E-state index >= 15 is 0 Å². The van der Waals surface area contributed by atoms with E-state index in [1.807, 2.05) is 33.8 Å². The van der Waals surface area contributed by atoms with Crippen LogP contribution in [0, 0.1) is 32.1 Å². The average Bonchev–Trinajstić information content (AvgIpc) is 2.78. The molecular weight excluding hydrogens is 424 g/mol. The number of fused-ring (bicyclic) bond motifs is 1. The summed E-state index contributed by atoms with van der Waals surface area (Å²) in [6.45, 7) is 14.5. The minimum absolute atomic E-state index is 0.0102. The smallest absolute Gasteiger partial charge is 0.262 e. The number of hydrogen-bond donors (Lipinski definition) is 1. The lowest BCUT2D eigenvalue weighted by molar-refractivity contribution is -0.127. The Hall–Kier alpha value is -2.54. The summed E-state index contributed by atoms with van der Waals surface area (Å²) in [4.78, 5) is 15.2. The second-order valence-corrected chi connectivity index (χ2v) is 11.5. The highest BCUT2D eigenvalue weighted by molar-refractivity contribution is 7.92. The fourth-order valence-corrected chi connectivity index (χ4v) is 5.12. The monoisotopic (exact) mass is 458 g/mol. The van der Waals surface area contributed by atoms with Crippen LogP contribution in [0.2, 0.25) is 0 Å². The number of aryl methyl sites for hydroxylation is 3. The fraction of sp³-hybridized carbons (Fsp3) is 0.480. The van der Waals surface area contributed by atoms with E-state index in [9.17, 15) is 13.2 Å². The third-order valence-corrected chi connectivity index (χ3v) is 7.45. The van der Waals surface area contributed by atoms with Gasteiger partial charge >= 0.3 is 0 Å². The van der Waals surface area contributed by atoms with Gasteiger partial charge in [-0.3, -0.25) is 9.52 Å². The molecule has 0 aliphatic carbocycles. The number of carbonyl (C=O) groups excluding carboxylic acids is 1. The Kier molecular flexibility index (Phi) is 6.61. The van der Waals surface area contributed by atoms with Gasteiger partial charge in [0.2, 0.25) is 5.91 Å². The van der Waals surface area contributed by atoms with E-state index in [0.717, 1.165) is 17.5 Å². The van der Waals surface area contributed by atoms with E-state index < -0.39 is 15.4 Å². The lowest BCUT2D eigenvalue weighted by Crippen LogP contribution is -2.42. The van der Waals surface area contributed by atoms with Crippen molar-refractivity contribution in [2.45, 2.75) is 59.8 Å². The summed E-state index contributed by atoms with van der Waals surface area (Å²) in [5.41, 5.74) is 3.06. The van der Waals surface area contributed by atoms with E-state index in [1.165, 1.54) is 0 Å². The highest BCUT2D eigenvalue weighted by Gasteiger charge is 2.37. The highest BCUT2D eigenvalue weighted by atomic mass is 32.2. The van der Waals surface area contributed by atoms with E-state index in [2.05, 4.69) is 18.6 Å². The van der Waals surface area contributed by atoms with Gasteiger partial charge in [0.05, 0.1) is 21.7 Å². The highest BCUT2D eigenvalue weighted by Crippen LogP contribution is 2.39. The summed E-state index contributed by atoms with van der Waals surface area (Å²) < 4.78 is 34.9. The second-order valence-electron chi connectivity index (χ2n) is 9.80. The maximum Gasteiger partial charge on any atom is 0.262 e. The molecule has 6 nitrogen and oxygen atoms in total. The van der Waals surface area contributed by atoms with Crippen LogP contribution < -0.4 is 14.4 Å². The van der Waals surface area contributed by atoms with Crippen molar-refractivity contribution in [1.29, 1.82) is 0 Å². The van der Waals surface area contributed by atoms with Gasteiger partial charge in [0, 0.05) is 12.6 Å². The number of hydrogen-bond acceptors (Lipinski definition) is 4. The predicted octanol–water partition coefficient (Wildman–Crippen LogP) is 5.21. The lowest BCUT2D eigenvalue weighted by atomic mass is 9.92. The summed E-state index contributed by atoms with van der Waals surface area (Å²) in [6, 6.07) is 8.69. The molecule has 1 heterocycles. The minimum Gasteiger partial charge on any atom is -0.490 e. The van der Waals surface area contributed by atoms with Gasteiger partial charge in [0.25, 0.3) is 10.0 Å². The molecule has 0 saturated heterocycles. The number of rotatable bonds is 6. The molecule has 1 N–H and O–H groups in total. The van der Waals surface area contributed by atoms with Crippen LogP contribution >= 0.6 is 0 Å². The Balaban J connectivity index is 1.96. The van der Waals surface area contributed by atoms with Crippen LogP contribution in [0.1, 0.15) is 50.8 Å². The number of nitrogens with one attached hydrogen (secondary N) is 1. The summed E-state index contributed by atoms with van der Waals surface area (Å²) in [6.07, 6.45) is 0.863. The number of benzene rings is 2. The van der Waals surface area contributed by atoms with Gasteiger partial charge in [-0.15, -0.1) is 0 Å². The molecule has 1 aliphatic rings. The molecule has 2 aromatic carbocycles. The van der Waals surface area contributed by atoms with Gasteiger partial charge in [-0.1, -0.05) is 19.9 Å². The molecule has 0 saturated carbocycles. The molecule has 0 spiro atoms. The van der Waals surface area contributed by atoms with Crippen LogP contribution in [0.25, 0.3) is 0 Å². The molecular formula is C25H34N2O4S. The van der Waals surface area contributed by atoms with Crippen LogP contribution in [0.4, 0.5) is 11.4 Å². The van der Waals surface area contributed by atoms with Crippen LogP contribution in [-0.2, 0) is 14.8 Å². The first-order chi connectivity index (χ1) is 14.8. The minimum atomic E-state index is -3.77. The largest absolute Gasteiger partial charge is 0.490 e. The zero-order valence-electron chi connectivity index (χ0n) is 20.1. The molecule has 1 aliphatic heterocycles. The van der Waals surface area contributed by atoms with Crippen molar-refractivity contribution >= 4 is 27.3 Å². The second kappa shape index (κ2) is 8.77. The molecule has 2 aromatic rings. The van der Waals surface area contributed by atoms with Crippen molar-refractivity contribution in [2.24, 2.45) is 11.3 Å². The maximum absolute atomic E-state index is 13.2. The van der Waals surface area contributed by atoms with Crippen LogP contribution in [0.15, 0.2) is 35.2 Å². The number of sulfonamides is 1. The number of anilines is 2. The van der Waals surface area contributed by atoms with Crippen molar-refractivity contribution < 1.29 is 17.9 Å². The van der Waals surface area contributed by atoms with E-state index in [1.54, 1.807) is 36.1 Å². The Labute approximate surface area is 192 Å². The first-order valence-electron chi connectivity index (χ1n) is 11.0. The van der Waals surface area contributed by atoms with E-state index in [-0.39, 0.29) is 17.4 Å². The van der Waals surface area contributed by atoms with Gasteiger partial charge in [-0.05, 0) is 81.8 Å². The number of amides is 1. The molecule has 7 heteroatoms. The van der Waals surface area contributed by atoms with E-state index in [0.29, 0.717) is 35.2 Å². The molecule has 3 rings (SSSR count). The van der Waals surface area contributed by atoms with Crippen molar-refractivity contribution in [3.05, 3.63) is 47.0 Å². The molecule has 1 amide bonds. The number of carbonyl (C=O) groups is 1. The Morgan fingerprint density at radius 2 is 1.72 bits per heavy atom. The van der Waals surface area contributed by atoms with Crippen LogP contribution in [0.5, 0.6) is 5.75 Å². The van der Waals surface area contributed by atoms with Gasteiger partial charge in [0.1, 0.15) is 12.4 Å². The molecule has 32 heavy (non-hydrogen) atoms. The molecule has 0 unspecified atom stereocenters. The molecule has 0 radical (unpaired) electrons. The number of nitrogens with zero attached hydrogens (tertiary/aromatic N) is 1. The maximum atomic E-state index is 13.2. The van der Waals surface area contributed by atoms with E-state index in [4.69, 9.17) is 4.74 Å². The average molecular weight is 459 g/mol. The summed E-state index contributed by atoms with van der Waals surface area (Å²) in [5, 5.41) is 0. The van der Waals surface area contributed by atoms with Crippen molar-refractivity contribution in [3.8, 4) is 5.75 Å². The normalized spacial score (nSPS) is 15.9. The van der Waals surface area contributed by atoms with Gasteiger partial charge in [-0.25, -0.2) is 8.42 Å². The van der Waals surface area contributed by atoms with Gasteiger partial charge in [0.15, 0.2) is 0 Å². The van der Waals surface area contributed by atoms with Crippen molar-refractivity contribution in [3.63, 3.8) is 0 Å². The SMILES string of the molecule is Cc1cc(C)c(S(=O)(=O)Nc2ccc3c(c2)OCC(C)(C)C(=O)N3CCC(C)C)cc1C. The zero-order chi connectivity index (χ0) is 23.8. The molecule has 0 bridgehead atoms. The third-order valence-electron chi connectivity index (χ3n) is 5.93. The van der Waals surface area contributed by atoms with Crippen LogP contribution in [-0.4, -0.2) is 27.5 Å². The van der Waals surface area contributed by atoms with Gasteiger partial charge in [-0.2, -0.15) is 0 Å². The molecule has 0 atom stereocenters. The Morgan fingerprint density at radius 3 is 2.38 bits per heavy atom. The summed E-state index contributed by atoms with van der Waals surface area (Å²) in [7, 11) is -3.77. The predicted molar refractivity (Wildman–Crippen MR) is 129 cm³/mol. The summed E-state index contributed by atoms with van der Waals surface area (Å²) >= 11 is 0. The first-order valence-corrected chi connectivity index (χ1v) is 12.5. The Morgan fingerprint density at radius 1 is 1.06 bits per heavy atom. The topological polar surface area (TPSA) is 75.7 Å².